The monoisotopic (exact) mass is 447 g/mol. The fourth-order valence-corrected chi connectivity index (χ4v) is 3.82. The van der Waals surface area contributed by atoms with Gasteiger partial charge in [-0.1, -0.05) is 5.21 Å². The molecule has 1 amide bonds. The number of aromatic nitrogens is 3. The Bertz CT molecular complexity index is 948. The molecule has 3 rings (SSSR count). The number of hydrogen-bond acceptors (Lipinski definition) is 6. The highest BCUT2D eigenvalue weighted by Crippen LogP contribution is 2.26. The number of halogens is 1. The Morgan fingerprint density at radius 2 is 2.12 bits per heavy atom. The van der Waals surface area contributed by atoms with Crippen LogP contribution in [-0.4, -0.2) is 76.8 Å². The van der Waals surface area contributed by atoms with Crippen molar-refractivity contribution in [2.24, 2.45) is 0 Å². The number of ether oxygens (including phenoxy) is 1. The van der Waals surface area contributed by atoms with Gasteiger partial charge in [-0.25, -0.2) is 9.07 Å². The molecular formula is C22H30FN5O4. The minimum absolute atomic E-state index is 0.0301. The number of carbonyl (C=O) groups excluding carboxylic acids is 1. The van der Waals surface area contributed by atoms with Crippen LogP contribution in [-0.2, 0) is 16.0 Å². The van der Waals surface area contributed by atoms with E-state index in [1.807, 2.05) is 27.2 Å². The number of amides is 1. The third-order valence-corrected chi connectivity index (χ3v) is 5.68. The van der Waals surface area contributed by atoms with Crippen LogP contribution in [0.3, 0.4) is 0 Å². The van der Waals surface area contributed by atoms with Crippen LogP contribution >= 0.6 is 0 Å². The van der Waals surface area contributed by atoms with Gasteiger partial charge in [0.05, 0.1) is 29.8 Å². The van der Waals surface area contributed by atoms with Gasteiger partial charge in [-0.2, -0.15) is 0 Å². The summed E-state index contributed by atoms with van der Waals surface area (Å²) in [6.07, 6.45) is 3.26. The SMILES string of the molecule is CCN(CCc1cn(C2CCOC(CC(=O)O)C2)nn1)C(=O)c1ccc(N(C)C)cc1F. The molecule has 10 heteroatoms. The molecule has 1 aliphatic heterocycles. The molecule has 0 spiro atoms. The number of carboxylic acids is 1. The smallest absolute Gasteiger partial charge is 0.305 e. The van der Waals surface area contributed by atoms with E-state index >= 15 is 0 Å². The van der Waals surface area contributed by atoms with Gasteiger partial charge in [0.25, 0.3) is 5.91 Å². The van der Waals surface area contributed by atoms with E-state index in [4.69, 9.17) is 9.84 Å². The summed E-state index contributed by atoms with van der Waals surface area (Å²) in [5, 5.41) is 17.4. The highest BCUT2D eigenvalue weighted by atomic mass is 19.1. The van der Waals surface area contributed by atoms with Gasteiger partial charge >= 0.3 is 5.97 Å². The average molecular weight is 448 g/mol. The van der Waals surface area contributed by atoms with Gasteiger partial charge < -0.3 is 19.6 Å². The summed E-state index contributed by atoms with van der Waals surface area (Å²) in [6, 6.07) is 4.63. The second-order valence-electron chi connectivity index (χ2n) is 8.15. The van der Waals surface area contributed by atoms with Crippen molar-refractivity contribution in [3.05, 3.63) is 41.5 Å². The molecule has 32 heavy (non-hydrogen) atoms. The molecule has 0 aliphatic carbocycles. The van der Waals surface area contributed by atoms with E-state index in [0.29, 0.717) is 38.2 Å². The van der Waals surface area contributed by atoms with Crippen LogP contribution in [0.1, 0.15) is 48.3 Å². The second kappa shape index (κ2) is 10.5. The first-order valence-electron chi connectivity index (χ1n) is 10.8. The summed E-state index contributed by atoms with van der Waals surface area (Å²) in [7, 11) is 3.63. The zero-order chi connectivity index (χ0) is 23.3. The van der Waals surface area contributed by atoms with Crippen LogP contribution in [0.25, 0.3) is 0 Å². The Labute approximate surface area is 186 Å². The zero-order valence-corrected chi connectivity index (χ0v) is 18.7. The molecule has 1 fully saturated rings. The molecule has 1 saturated heterocycles. The van der Waals surface area contributed by atoms with Gasteiger partial charge in [0.1, 0.15) is 5.82 Å². The van der Waals surface area contributed by atoms with Gasteiger partial charge in [-0.15, -0.1) is 5.10 Å². The predicted molar refractivity (Wildman–Crippen MR) is 116 cm³/mol. The molecule has 2 heterocycles. The first-order chi connectivity index (χ1) is 15.3. The fourth-order valence-electron chi connectivity index (χ4n) is 3.82. The maximum Gasteiger partial charge on any atom is 0.305 e. The van der Waals surface area contributed by atoms with Crippen molar-refractivity contribution >= 4 is 17.6 Å². The van der Waals surface area contributed by atoms with Gasteiger partial charge in [-0.3, -0.25) is 9.59 Å². The summed E-state index contributed by atoms with van der Waals surface area (Å²) < 4.78 is 21.8. The molecular weight excluding hydrogens is 417 g/mol. The van der Waals surface area contributed by atoms with Crippen LogP contribution < -0.4 is 4.90 Å². The summed E-state index contributed by atoms with van der Waals surface area (Å²) in [6.45, 7) is 3.16. The maximum atomic E-state index is 14.5. The maximum absolute atomic E-state index is 14.5. The minimum atomic E-state index is -0.882. The van der Waals surface area contributed by atoms with E-state index in [1.54, 1.807) is 20.5 Å². The lowest BCUT2D eigenvalue weighted by atomic mass is 10.0. The number of benzene rings is 1. The first kappa shape index (κ1) is 23.6. The molecule has 2 unspecified atom stereocenters. The normalized spacial score (nSPS) is 18.4. The van der Waals surface area contributed by atoms with Gasteiger partial charge in [0.15, 0.2) is 0 Å². The minimum Gasteiger partial charge on any atom is -0.481 e. The molecule has 9 nitrogen and oxygen atoms in total. The van der Waals surface area contributed by atoms with Crippen molar-refractivity contribution in [2.75, 3.05) is 38.7 Å². The Balaban J connectivity index is 1.60. The molecule has 0 bridgehead atoms. The average Bonchev–Trinajstić information content (AvgIpc) is 3.22. The van der Waals surface area contributed by atoms with Crippen molar-refractivity contribution < 1.29 is 23.8 Å². The predicted octanol–water partition coefficient (Wildman–Crippen LogP) is 2.38. The topological polar surface area (TPSA) is 101 Å². The third kappa shape index (κ3) is 5.82. The van der Waals surface area contributed by atoms with Gasteiger partial charge in [-0.05, 0) is 38.0 Å². The number of carboxylic acid groups (broad SMARTS) is 1. The highest BCUT2D eigenvalue weighted by molar-refractivity contribution is 5.94. The Hall–Kier alpha value is -3.01. The highest BCUT2D eigenvalue weighted by Gasteiger charge is 2.27. The Morgan fingerprint density at radius 3 is 2.78 bits per heavy atom. The first-order valence-corrected chi connectivity index (χ1v) is 10.8. The molecule has 0 radical (unpaired) electrons. The number of likely N-dealkylation sites (N-methyl/N-ethyl adjacent to an activating group) is 1. The zero-order valence-electron chi connectivity index (χ0n) is 18.7. The molecule has 2 aromatic rings. The lowest BCUT2D eigenvalue weighted by Crippen LogP contribution is -2.33. The van der Waals surface area contributed by atoms with E-state index in [1.165, 1.54) is 12.1 Å². The summed E-state index contributed by atoms with van der Waals surface area (Å²) >= 11 is 0. The van der Waals surface area contributed by atoms with Crippen molar-refractivity contribution in [3.63, 3.8) is 0 Å². The van der Waals surface area contributed by atoms with Crippen molar-refractivity contribution in [3.8, 4) is 0 Å². The Morgan fingerprint density at radius 1 is 1.34 bits per heavy atom. The van der Waals surface area contributed by atoms with E-state index in [-0.39, 0.29) is 30.0 Å². The van der Waals surface area contributed by atoms with Crippen molar-refractivity contribution in [1.29, 1.82) is 0 Å². The largest absolute Gasteiger partial charge is 0.481 e. The van der Waals surface area contributed by atoms with E-state index in [0.717, 1.165) is 12.1 Å². The number of carbonyl (C=O) groups is 2. The van der Waals surface area contributed by atoms with E-state index in [2.05, 4.69) is 10.3 Å². The molecule has 2 atom stereocenters. The van der Waals surface area contributed by atoms with Gasteiger partial charge in [0.2, 0.25) is 0 Å². The fraction of sp³-hybridized carbons (Fsp3) is 0.545. The second-order valence-corrected chi connectivity index (χ2v) is 8.15. The number of hydrogen-bond donors (Lipinski definition) is 1. The molecule has 1 aliphatic rings. The lowest BCUT2D eigenvalue weighted by molar-refractivity contribution is -0.141. The van der Waals surface area contributed by atoms with Crippen molar-refractivity contribution in [1.82, 2.24) is 19.9 Å². The summed E-state index contributed by atoms with van der Waals surface area (Å²) in [4.78, 5) is 27.2. The molecule has 174 valence electrons. The number of aliphatic carboxylic acids is 1. The standard InChI is InChI=1S/C22H30FN5O4/c1-4-27(22(31)19-6-5-16(26(2)3)12-20(19)23)9-7-15-14-28(25-24-15)17-8-10-32-18(11-17)13-21(29)30/h5-6,12,14,17-18H,4,7-11,13H2,1-3H3,(H,29,30). The number of rotatable bonds is 9. The van der Waals surface area contributed by atoms with Crippen molar-refractivity contribution in [2.45, 2.75) is 44.8 Å². The Kier molecular flexibility index (Phi) is 7.79. The van der Waals surface area contributed by atoms with Crippen LogP contribution in [0.5, 0.6) is 0 Å². The van der Waals surface area contributed by atoms with E-state index < -0.39 is 11.8 Å². The van der Waals surface area contributed by atoms with Gasteiger partial charge in [0, 0.05) is 52.1 Å². The molecule has 1 N–H and O–H groups in total. The van der Waals surface area contributed by atoms with Crippen LogP contribution in [0, 0.1) is 5.82 Å². The third-order valence-electron chi connectivity index (χ3n) is 5.68. The number of nitrogens with zero attached hydrogens (tertiary/aromatic N) is 5. The quantitative estimate of drug-likeness (QED) is 0.630. The summed E-state index contributed by atoms with van der Waals surface area (Å²) in [5.74, 6) is -1.78. The van der Waals surface area contributed by atoms with Crippen LogP contribution in [0.15, 0.2) is 24.4 Å². The van der Waals surface area contributed by atoms with Crippen LogP contribution in [0.4, 0.5) is 10.1 Å². The lowest BCUT2D eigenvalue weighted by Gasteiger charge is -2.28. The molecule has 1 aromatic heterocycles. The van der Waals surface area contributed by atoms with E-state index in [9.17, 15) is 14.0 Å². The molecule has 0 saturated carbocycles. The number of anilines is 1. The summed E-state index contributed by atoms with van der Waals surface area (Å²) in [5.41, 5.74) is 1.46. The molecule has 1 aromatic carbocycles. The van der Waals surface area contributed by atoms with Crippen LogP contribution in [0.2, 0.25) is 0 Å².